The summed E-state index contributed by atoms with van der Waals surface area (Å²) >= 11 is 3.32. The first-order valence-corrected chi connectivity index (χ1v) is 5.16. The zero-order valence-electron chi connectivity index (χ0n) is 8.16. The molecule has 0 bridgehead atoms. The highest BCUT2D eigenvalue weighted by molar-refractivity contribution is 9.10. The number of benzene rings is 1. The third-order valence-corrected chi connectivity index (χ3v) is 3.20. The van der Waals surface area contributed by atoms with Crippen molar-refractivity contribution in [3.05, 3.63) is 27.7 Å². The van der Waals surface area contributed by atoms with Gasteiger partial charge in [0.2, 0.25) is 0 Å². The summed E-state index contributed by atoms with van der Waals surface area (Å²) in [6.45, 7) is 3.58. The summed E-state index contributed by atoms with van der Waals surface area (Å²) in [5.41, 5.74) is 6.99. The Balaban J connectivity index is 3.25. The SMILES string of the molecule is Cc1ccc(O)c(C(O)C(C)N)c1Br. The summed E-state index contributed by atoms with van der Waals surface area (Å²) in [5.74, 6) is 0.0623. The van der Waals surface area contributed by atoms with Crippen LogP contribution in [0.5, 0.6) is 5.75 Å². The number of phenolic OH excluding ortho intramolecular Hbond substituents is 1. The maximum Gasteiger partial charge on any atom is 0.122 e. The molecule has 0 fully saturated rings. The molecule has 3 nitrogen and oxygen atoms in total. The van der Waals surface area contributed by atoms with Gasteiger partial charge in [-0.3, -0.25) is 0 Å². The van der Waals surface area contributed by atoms with E-state index in [9.17, 15) is 10.2 Å². The molecule has 0 heterocycles. The van der Waals surface area contributed by atoms with Gasteiger partial charge in [-0.1, -0.05) is 6.07 Å². The Kier molecular flexibility index (Phi) is 3.53. The quantitative estimate of drug-likeness (QED) is 0.760. The van der Waals surface area contributed by atoms with Crippen molar-refractivity contribution < 1.29 is 10.2 Å². The van der Waals surface area contributed by atoms with Crippen molar-refractivity contribution in [3.8, 4) is 5.75 Å². The van der Waals surface area contributed by atoms with E-state index < -0.39 is 12.1 Å². The number of aromatic hydroxyl groups is 1. The maximum atomic E-state index is 9.77. The summed E-state index contributed by atoms with van der Waals surface area (Å²) in [7, 11) is 0. The van der Waals surface area contributed by atoms with E-state index in [1.54, 1.807) is 19.1 Å². The van der Waals surface area contributed by atoms with Crippen LogP contribution in [0.25, 0.3) is 0 Å². The van der Waals surface area contributed by atoms with Crippen LogP contribution < -0.4 is 5.73 Å². The number of aliphatic hydroxyl groups excluding tert-OH is 1. The second-order valence-corrected chi connectivity index (χ2v) is 4.23. The molecule has 0 aliphatic carbocycles. The number of aliphatic hydroxyl groups is 1. The van der Waals surface area contributed by atoms with Crippen LogP contribution in [0.2, 0.25) is 0 Å². The topological polar surface area (TPSA) is 66.5 Å². The summed E-state index contributed by atoms with van der Waals surface area (Å²) in [4.78, 5) is 0. The number of aryl methyl sites for hydroxylation is 1. The van der Waals surface area contributed by atoms with Gasteiger partial charge in [-0.25, -0.2) is 0 Å². The van der Waals surface area contributed by atoms with E-state index in [0.29, 0.717) is 10.0 Å². The minimum atomic E-state index is -0.857. The fourth-order valence-electron chi connectivity index (χ4n) is 1.24. The molecule has 0 aliphatic heterocycles. The van der Waals surface area contributed by atoms with Gasteiger partial charge in [0.1, 0.15) is 5.75 Å². The lowest BCUT2D eigenvalue weighted by Gasteiger charge is -2.18. The van der Waals surface area contributed by atoms with Crippen molar-refractivity contribution in [2.24, 2.45) is 5.73 Å². The monoisotopic (exact) mass is 259 g/mol. The van der Waals surface area contributed by atoms with Crippen molar-refractivity contribution in [2.75, 3.05) is 0 Å². The fourth-order valence-corrected chi connectivity index (χ4v) is 1.81. The minimum absolute atomic E-state index is 0.0623. The van der Waals surface area contributed by atoms with Crippen LogP contribution in [-0.4, -0.2) is 16.3 Å². The molecule has 0 radical (unpaired) electrons. The van der Waals surface area contributed by atoms with Crippen molar-refractivity contribution in [2.45, 2.75) is 26.0 Å². The van der Waals surface area contributed by atoms with Crippen LogP contribution in [0, 0.1) is 6.92 Å². The minimum Gasteiger partial charge on any atom is -0.508 e. The van der Waals surface area contributed by atoms with Crippen molar-refractivity contribution in [1.82, 2.24) is 0 Å². The molecule has 0 saturated heterocycles. The molecule has 78 valence electrons. The molecule has 1 rings (SSSR count). The third kappa shape index (κ3) is 2.08. The Hall–Kier alpha value is -0.580. The van der Waals surface area contributed by atoms with Gasteiger partial charge in [-0.05, 0) is 41.4 Å². The van der Waals surface area contributed by atoms with Gasteiger partial charge in [0.05, 0.1) is 6.10 Å². The van der Waals surface area contributed by atoms with Gasteiger partial charge in [-0.15, -0.1) is 0 Å². The van der Waals surface area contributed by atoms with Crippen molar-refractivity contribution >= 4 is 15.9 Å². The molecule has 1 aromatic rings. The van der Waals surface area contributed by atoms with Gasteiger partial charge >= 0.3 is 0 Å². The first kappa shape index (κ1) is 11.5. The zero-order chi connectivity index (χ0) is 10.9. The average molecular weight is 260 g/mol. The second kappa shape index (κ2) is 4.29. The van der Waals surface area contributed by atoms with E-state index in [1.807, 2.05) is 6.92 Å². The fraction of sp³-hybridized carbons (Fsp3) is 0.400. The molecule has 4 heteroatoms. The van der Waals surface area contributed by atoms with Crippen LogP contribution >= 0.6 is 15.9 Å². The summed E-state index contributed by atoms with van der Waals surface area (Å²) in [6.07, 6.45) is -0.857. The normalized spacial score (nSPS) is 15.2. The van der Waals surface area contributed by atoms with Crippen LogP contribution in [0.3, 0.4) is 0 Å². The number of nitrogens with two attached hydrogens (primary N) is 1. The molecule has 0 aliphatic rings. The van der Waals surface area contributed by atoms with Gasteiger partial charge in [-0.2, -0.15) is 0 Å². The largest absolute Gasteiger partial charge is 0.508 e. The van der Waals surface area contributed by atoms with Gasteiger partial charge in [0, 0.05) is 16.1 Å². The number of hydrogen-bond donors (Lipinski definition) is 3. The molecule has 4 N–H and O–H groups in total. The lowest BCUT2D eigenvalue weighted by atomic mass is 10.0. The maximum absolute atomic E-state index is 9.77. The second-order valence-electron chi connectivity index (χ2n) is 3.43. The lowest BCUT2D eigenvalue weighted by molar-refractivity contribution is 0.149. The van der Waals surface area contributed by atoms with Crippen molar-refractivity contribution in [3.63, 3.8) is 0 Å². The van der Waals surface area contributed by atoms with Crippen LogP contribution in [0.15, 0.2) is 16.6 Å². The highest BCUT2D eigenvalue weighted by atomic mass is 79.9. The van der Waals surface area contributed by atoms with E-state index >= 15 is 0 Å². The number of rotatable bonds is 2. The Morgan fingerprint density at radius 3 is 2.50 bits per heavy atom. The predicted octanol–water partition coefficient (Wildman–Crippen LogP) is 1.84. The van der Waals surface area contributed by atoms with E-state index in [-0.39, 0.29) is 5.75 Å². The molecular formula is C10H14BrNO2. The van der Waals surface area contributed by atoms with Gasteiger partial charge in [0.25, 0.3) is 0 Å². The Morgan fingerprint density at radius 2 is 2.00 bits per heavy atom. The molecule has 0 amide bonds. The third-order valence-electron chi connectivity index (χ3n) is 2.14. The summed E-state index contributed by atoms with van der Waals surface area (Å²) < 4.78 is 0.710. The molecular weight excluding hydrogens is 246 g/mol. The predicted molar refractivity (Wildman–Crippen MR) is 59.2 cm³/mol. The first-order valence-electron chi connectivity index (χ1n) is 4.36. The standard InChI is InChI=1S/C10H14BrNO2/c1-5-3-4-7(13)8(9(5)11)10(14)6(2)12/h3-4,6,10,13-14H,12H2,1-2H3. The van der Waals surface area contributed by atoms with E-state index in [0.717, 1.165) is 5.56 Å². The number of phenols is 1. The molecule has 1 aromatic carbocycles. The van der Waals surface area contributed by atoms with Crippen LogP contribution in [0.1, 0.15) is 24.2 Å². The van der Waals surface area contributed by atoms with E-state index in [1.165, 1.54) is 0 Å². The average Bonchev–Trinajstić information content (AvgIpc) is 2.12. The Labute approximate surface area is 91.7 Å². The van der Waals surface area contributed by atoms with E-state index in [2.05, 4.69) is 15.9 Å². The molecule has 0 spiro atoms. The Morgan fingerprint density at radius 1 is 1.43 bits per heavy atom. The number of hydrogen-bond acceptors (Lipinski definition) is 3. The van der Waals surface area contributed by atoms with Crippen LogP contribution in [-0.2, 0) is 0 Å². The Bertz CT molecular complexity index is 339. The molecule has 0 saturated carbocycles. The lowest BCUT2D eigenvalue weighted by Crippen LogP contribution is -2.24. The molecule has 2 unspecified atom stereocenters. The zero-order valence-corrected chi connectivity index (χ0v) is 9.75. The van der Waals surface area contributed by atoms with Crippen LogP contribution in [0.4, 0.5) is 0 Å². The van der Waals surface area contributed by atoms with Gasteiger partial charge in [0.15, 0.2) is 0 Å². The number of halogens is 1. The van der Waals surface area contributed by atoms with Gasteiger partial charge < -0.3 is 15.9 Å². The summed E-state index contributed by atoms with van der Waals surface area (Å²) in [5, 5.41) is 19.4. The summed E-state index contributed by atoms with van der Waals surface area (Å²) in [6, 6.07) is 2.91. The van der Waals surface area contributed by atoms with Crippen molar-refractivity contribution in [1.29, 1.82) is 0 Å². The highest BCUT2D eigenvalue weighted by Gasteiger charge is 2.20. The smallest absolute Gasteiger partial charge is 0.122 e. The van der Waals surface area contributed by atoms with E-state index in [4.69, 9.17) is 5.73 Å². The molecule has 2 atom stereocenters. The molecule has 0 aromatic heterocycles. The highest BCUT2D eigenvalue weighted by Crippen LogP contribution is 2.34. The first-order chi connectivity index (χ1) is 6.45. The molecule has 14 heavy (non-hydrogen) atoms.